The van der Waals surface area contributed by atoms with Crippen LogP contribution < -0.4 is 4.90 Å². The molecule has 1 heterocycles. The Hall–Kier alpha value is -2.62. The quantitative estimate of drug-likeness (QED) is 0.470. The summed E-state index contributed by atoms with van der Waals surface area (Å²) in [5.41, 5.74) is -0.129. The van der Waals surface area contributed by atoms with E-state index in [0.29, 0.717) is 5.82 Å². The predicted molar refractivity (Wildman–Crippen MR) is 68.7 cm³/mol. The molecule has 1 atom stereocenters. The molecule has 0 amide bonds. The molecule has 7 nitrogen and oxygen atoms in total. The standard InChI is InChI=1S/C12H13N3O4/c1-3-6-14(8-9(2)12(16)17)11-5-4-10(7-13-11)15(18)19/h1,4-5,7,9H,6,8H2,2H3,(H,16,17). The Morgan fingerprint density at radius 2 is 2.37 bits per heavy atom. The zero-order chi connectivity index (χ0) is 14.4. The normalized spacial score (nSPS) is 11.4. The van der Waals surface area contributed by atoms with Gasteiger partial charge in [-0.25, -0.2) is 4.98 Å². The number of carboxylic acid groups (broad SMARTS) is 1. The second-order valence-corrected chi connectivity index (χ2v) is 3.96. The first-order chi connectivity index (χ1) is 8.95. The molecule has 0 fully saturated rings. The Labute approximate surface area is 110 Å². The second kappa shape index (κ2) is 6.35. The summed E-state index contributed by atoms with van der Waals surface area (Å²) in [6, 6.07) is 2.75. The van der Waals surface area contributed by atoms with Gasteiger partial charge in [0, 0.05) is 12.6 Å². The molecular weight excluding hydrogens is 250 g/mol. The van der Waals surface area contributed by atoms with Crippen LogP contribution in [0.3, 0.4) is 0 Å². The number of anilines is 1. The smallest absolute Gasteiger partial charge is 0.308 e. The van der Waals surface area contributed by atoms with E-state index >= 15 is 0 Å². The van der Waals surface area contributed by atoms with E-state index in [2.05, 4.69) is 10.9 Å². The largest absolute Gasteiger partial charge is 0.481 e. The second-order valence-electron chi connectivity index (χ2n) is 3.96. The van der Waals surface area contributed by atoms with Crippen LogP contribution in [0.4, 0.5) is 11.5 Å². The van der Waals surface area contributed by atoms with Gasteiger partial charge in [-0.05, 0) is 6.07 Å². The Morgan fingerprint density at radius 3 is 2.79 bits per heavy atom. The van der Waals surface area contributed by atoms with Crippen LogP contribution in [-0.2, 0) is 4.79 Å². The zero-order valence-corrected chi connectivity index (χ0v) is 10.3. The molecule has 0 aromatic carbocycles. The summed E-state index contributed by atoms with van der Waals surface area (Å²) in [6.07, 6.45) is 6.34. The molecule has 0 bridgehead atoms. The highest BCUT2D eigenvalue weighted by Crippen LogP contribution is 2.16. The van der Waals surface area contributed by atoms with Gasteiger partial charge < -0.3 is 10.0 Å². The summed E-state index contributed by atoms with van der Waals surface area (Å²) in [7, 11) is 0. The summed E-state index contributed by atoms with van der Waals surface area (Å²) >= 11 is 0. The highest BCUT2D eigenvalue weighted by atomic mass is 16.6. The Morgan fingerprint density at radius 1 is 1.68 bits per heavy atom. The van der Waals surface area contributed by atoms with E-state index in [1.807, 2.05) is 0 Å². The lowest BCUT2D eigenvalue weighted by Gasteiger charge is -2.22. The topological polar surface area (TPSA) is 96.6 Å². The van der Waals surface area contributed by atoms with E-state index < -0.39 is 16.8 Å². The number of aromatic nitrogens is 1. The van der Waals surface area contributed by atoms with Crippen molar-refractivity contribution in [3.8, 4) is 12.3 Å². The van der Waals surface area contributed by atoms with Crippen molar-refractivity contribution < 1.29 is 14.8 Å². The molecule has 0 spiro atoms. The third-order valence-corrected chi connectivity index (χ3v) is 2.47. The monoisotopic (exact) mass is 263 g/mol. The fourth-order valence-corrected chi connectivity index (χ4v) is 1.43. The molecule has 7 heteroatoms. The Bertz CT molecular complexity index is 507. The summed E-state index contributed by atoms with van der Waals surface area (Å²) < 4.78 is 0. The van der Waals surface area contributed by atoms with Crippen LogP contribution in [0.1, 0.15) is 6.92 Å². The van der Waals surface area contributed by atoms with Gasteiger partial charge in [0.1, 0.15) is 12.0 Å². The maximum Gasteiger partial charge on any atom is 0.308 e. The van der Waals surface area contributed by atoms with Gasteiger partial charge in [0.05, 0.1) is 17.4 Å². The van der Waals surface area contributed by atoms with Crippen LogP contribution >= 0.6 is 0 Å². The van der Waals surface area contributed by atoms with E-state index in [4.69, 9.17) is 11.5 Å². The van der Waals surface area contributed by atoms with Crippen molar-refractivity contribution in [1.29, 1.82) is 0 Å². The lowest BCUT2D eigenvalue weighted by molar-refractivity contribution is -0.385. The van der Waals surface area contributed by atoms with Crippen LogP contribution in [0, 0.1) is 28.4 Å². The molecule has 0 aliphatic carbocycles. The minimum absolute atomic E-state index is 0.129. The minimum Gasteiger partial charge on any atom is -0.481 e. The van der Waals surface area contributed by atoms with Gasteiger partial charge in [0.15, 0.2) is 0 Å². The van der Waals surface area contributed by atoms with Crippen LogP contribution in [-0.4, -0.2) is 34.1 Å². The SMILES string of the molecule is C#CCN(CC(C)C(=O)O)c1ccc([N+](=O)[O-])cn1. The first-order valence-electron chi connectivity index (χ1n) is 5.47. The number of pyridine rings is 1. The molecule has 1 aromatic heterocycles. The molecular formula is C12H13N3O4. The van der Waals surface area contributed by atoms with Gasteiger partial charge in [-0.15, -0.1) is 6.42 Å². The molecule has 1 aromatic rings. The van der Waals surface area contributed by atoms with Crippen LogP contribution in [0.15, 0.2) is 18.3 Å². The fraction of sp³-hybridized carbons (Fsp3) is 0.333. The molecule has 1 unspecified atom stereocenters. The van der Waals surface area contributed by atoms with Gasteiger partial charge in [0.25, 0.3) is 5.69 Å². The van der Waals surface area contributed by atoms with Crippen LogP contribution in [0.5, 0.6) is 0 Å². The Balaban J connectivity index is 2.90. The van der Waals surface area contributed by atoms with Crippen molar-refractivity contribution in [3.63, 3.8) is 0 Å². The fourth-order valence-electron chi connectivity index (χ4n) is 1.43. The van der Waals surface area contributed by atoms with Crippen LogP contribution in [0.25, 0.3) is 0 Å². The Kier molecular flexibility index (Phi) is 4.83. The highest BCUT2D eigenvalue weighted by Gasteiger charge is 2.17. The number of aliphatic carboxylic acids is 1. The van der Waals surface area contributed by atoms with Gasteiger partial charge in [-0.2, -0.15) is 0 Å². The van der Waals surface area contributed by atoms with E-state index in [0.717, 1.165) is 6.20 Å². The number of rotatable bonds is 6. The number of hydrogen-bond acceptors (Lipinski definition) is 5. The van der Waals surface area contributed by atoms with Gasteiger partial charge in [-0.3, -0.25) is 14.9 Å². The maximum absolute atomic E-state index is 10.8. The van der Waals surface area contributed by atoms with Crippen molar-refractivity contribution >= 4 is 17.5 Å². The lowest BCUT2D eigenvalue weighted by atomic mass is 10.1. The molecule has 1 N–H and O–H groups in total. The van der Waals surface area contributed by atoms with E-state index in [1.54, 1.807) is 11.8 Å². The maximum atomic E-state index is 10.8. The first-order valence-corrected chi connectivity index (χ1v) is 5.47. The van der Waals surface area contributed by atoms with E-state index in [-0.39, 0.29) is 18.8 Å². The highest BCUT2D eigenvalue weighted by molar-refractivity contribution is 5.70. The molecule has 0 radical (unpaired) electrons. The third kappa shape index (κ3) is 3.96. The summed E-state index contributed by atoms with van der Waals surface area (Å²) in [4.78, 5) is 26.3. The third-order valence-electron chi connectivity index (χ3n) is 2.47. The molecule has 0 aliphatic rings. The lowest BCUT2D eigenvalue weighted by Crippen LogP contribution is -2.32. The number of carbonyl (C=O) groups is 1. The number of carboxylic acids is 1. The molecule has 0 aliphatic heterocycles. The molecule has 19 heavy (non-hydrogen) atoms. The number of terminal acetylenes is 1. The van der Waals surface area contributed by atoms with Crippen molar-refractivity contribution in [2.45, 2.75) is 6.92 Å². The summed E-state index contributed by atoms with van der Waals surface area (Å²) in [6.45, 7) is 1.92. The summed E-state index contributed by atoms with van der Waals surface area (Å²) in [5.74, 6) is 1.26. The number of nitro groups is 1. The van der Waals surface area contributed by atoms with E-state index in [9.17, 15) is 14.9 Å². The van der Waals surface area contributed by atoms with Crippen molar-refractivity contribution in [3.05, 3.63) is 28.4 Å². The predicted octanol–water partition coefficient (Wildman–Crippen LogP) is 1.15. The average Bonchev–Trinajstić information content (AvgIpc) is 2.38. The molecule has 1 rings (SSSR count). The molecule has 0 saturated carbocycles. The minimum atomic E-state index is -0.941. The average molecular weight is 263 g/mol. The van der Waals surface area contributed by atoms with Crippen LogP contribution in [0.2, 0.25) is 0 Å². The first kappa shape index (κ1) is 14.4. The molecule has 100 valence electrons. The van der Waals surface area contributed by atoms with Crippen molar-refractivity contribution in [2.24, 2.45) is 5.92 Å². The van der Waals surface area contributed by atoms with Gasteiger partial charge >= 0.3 is 5.97 Å². The van der Waals surface area contributed by atoms with Crippen molar-refractivity contribution in [1.82, 2.24) is 4.98 Å². The van der Waals surface area contributed by atoms with Gasteiger partial charge in [-0.1, -0.05) is 12.8 Å². The summed E-state index contributed by atoms with van der Waals surface area (Å²) in [5, 5.41) is 19.4. The van der Waals surface area contributed by atoms with Crippen molar-refractivity contribution in [2.75, 3.05) is 18.0 Å². The zero-order valence-electron chi connectivity index (χ0n) is 10.3. The van der Waals surface area contributed by atoms with Gasteiger partial charge in [0.2, 0.25) is 0 Å². The van der Waals surface area contributed by atoms with E-state index in [1.165, 1.54) is 12.1 Å². The number of hydrogen-bond donors (Lipinski definition) is 1. The molecule has 0 saturated heterocycles. The number of nitrogens with zero attached hydrogens (tertiary/aromatic N) is 3.